The van der Waals surface area contributed by atoms with Crippen LogP contribution in [0.1, 0.15) is 56.7 Å². The lowest BCUT2D eigenvalue weighted by molar-refractivity contribution is 0.100. The number of rotatable bonds is 8. The molecular weight excluding hydrogens is 436 g/mol. The van der Waals surface area contributed by atoms with Gasteiger partial charge in [0.05, 0.1) is 5.69 Å². The van der Waals surface area contributed by atoms with Gasteiger partial charge in [-0.3, -0.25) is 9.89 Å². The fraction of sp³-hybridized carbons (Fsp3) is 0.429. The summed E-state index contributed by atoms with van der Waals surface area (Å²) in [5.74, 6) is 0.0247. The van der Waals surface area contributed by atoms with Crippen LogP contribution in [0.25, 0.3) is 0 Å². The van der Waals surface area contributed by atoms with Crippen molar-refractivity contribution in [3.63, 3.8) is 0 Å². The highest BCUT2D eigenvalue weighted by molar-refractivity contribution is 5.99. The van der Waals surface area contributed by atoms with E-state index in [1.807, 2.05) is 0 Å². The number of carbonyl (C=O) groups excluding carboxylic acids is 1. The Morgan fingerprint density at radius 3 is 2.29 bits per heavy atom. The van der Waals surface area contributed by atoms with Gasteiger partial charge < -0.3 is 20.9 Å². The Hall–Kier alpha value is -3.32. The lowest BCUT2D eigenvalue weighted by Gasteiger charge is -2.36. The highest BCUT2D eigenvalue weighted by Gasteiger charge is 2.21. The number of nitrogens with two attached hydrogens (primary N) is 1. The first-order valence-electron chi connectivity index (χ1n) is 12.4. The molecule has 2 heterocycles. The lowest BCUT2D eigenvalue weighted by Crippen LogP contribution is -2.41. The van der Waals surface area contributed by atoms with Crippen LogP contribution in [-0.4, -0.2) is 54.2 Å². The summed E-state index contributed by atoms with van der Waals surface area (Å²) in [4.78, 5) is 17.1. The third-order valence-corrected chi connectivity index (χ3v) is 7.41. The van der Waals surface area contributed by atoms with Gasteiger partial charge in [-0.1, -0.05) is 24.3 Å². The molecule has 0 unspecified atom stereocenters. The van der Waals surface area contributed by atoms with Crippen molar-refractivity contribution in [2.75, 3.05) is 37.4 Å². The summed E-state index contributed by atoms with van der Waals surface area (Å²) in [6.07, 6.45) is 2.93. The Balaban J connectivity index is 1.43. The Morgan fingerprint density at radius 1 is 1.09 bits per heavy atom. The number of nitrogens with one attached hydrogen (secondary N) is 2. The fourth-order valence-electron chi connectivity index (χ4n) is 4.98. The molecule has 0 spiro atoms. The number of piperidine rings is 1. The number of anilines is 2. The number of H-pyrrole nitrogens is 1. The Labute approximate surface area is 208 Å². The molecule has 0 bridgehead atoms. The minimum atomic E-state index is -0.479. The molecule has 3 aromatic rings. The maximum absolute atomic E-state index is 12.3. The third kappa shape index (κ3) is 5.68. The number of aromatic nitrogens is 2. The molecule has 0 saturated carbocycles. The van der Waals surface area contributed by atoms with Gasteiger partial charge in [0, 0.05) is 37.8 Å². The normalized spacial score (nSPS) is 14.5. The van der Waals surface area contributed by atoms with E-state index >= 15 is 0 Å². The monoisotopic (exact) mass is 474 g/mol. The summed E-state index contributed by atoms with van der Waals surface area (Å²) >= 11 is 0. The van der Waals surface area contributed by atoms with Crippen molar-refractivity contribution >= 4 is 17.4 Å². The average Bonchev–Trinajstić information content (AvgIpc) is 3.24. The number of primary amides is 1. The molecular formula is C28H38N6O. The first-order chi connectivity index (χ1) is 16.7. The van der Waals surface area contributed by atoms with Gasteiger partial charge in [0.25, 0.3) is 5.91 Å². The summed E-state index contributed by atoms with van der Waals surface area (Å²) in [5, 5.41) is 10.7. The summed E-state index contributed by atoms with van der Waals surface area (Å²) in [6, 6.07) is 13.6. The number of aryl methyl sites for hydroxylation is 2. The molecule has 0 radical (unpaired) electrons. The third-order valence-electron chi connectivity index (χ3n) is 7.41. The van der Waals surface area contributed by atoms with E-state index in [0.717, 1.165) is 29.9 Å². The highest BCUT2D eigenvalue weighted by Crippen LogP contribution is 2.25. The highest BCUT2D eigenvalue weighted by atomic mass is 16.1. The standard InChI is InChI=1S/C28H38N6O/c1-18-14-22(15-19(2)20(18)3)17-30-28-26(27(29)35)25(31-32-28)16-21-6-8-24(9-7-21)34-12-10-23(11-13-34)33(4)5/h6-9,14-15,23H,10-13,16-17H2,1-5H3,(H2,29,35)(H2,30,31,32). The lowest BCUT2D eigenvalue weighted by atomic mass is 10.0. The number of amides is 1. The first-order valence-corrected chi connectivity index (χ1v) is 12.4. The molecule has 186 valence electrons. The molecule has 1 amide bonds. The number of aromatic amines is 1. The summed E-state index contributed by atoms with van der Waals surface area (Å²) < 4.78 is 0. The van der Waals surface area contributed by atoms with Crippen molar-refractivity contribution in [3.8, 4) is 0 Å². The molecule has 1 aliphatic rings. The molecule has 1 saturated heterocycles. The second-order valence-corrected chi connectivity index (χ2v) is 10.0. The number of hydrogen-bond acceptors (Lipinski definition) is 5. The summed E-state index contributed by atoms with van der Waals surface area (Å²) in [5.41, 5.74) is 14.2. The molecule has 35 heavy (non-hydrogen) atoms. The summed E-state index contributed by atoms with van der Waals surface area (Å²) in [7, 11) is 4.33. The minimum absolute atomic E-state index is 0.431. The minimum Gasteiger partial charge on any atom is -0.371 e. The fourth-order valence-corrected chi connectivity index (χ4v) is 4.98. The maximum atomic E-state index is 12.3. The SMILES string of the molecule is Cc1cc(CNc2n[nH]c(Cc3ccc(N4CCC(N(C)C)CC4)cc3)c2C(N)=O)cc(C)c1C. The van der Waals surface area contributed by atoms with Gasteiger partial charge in [-0.15, -0.1) is 0 Å². The number of hydrogen-bond donors (Lipinski definition) is 3. The quantitative estimate of drug-likeness (QED) is 0.456. The average molecular weight is 475 g/mol. The van der Waals surface area contributed by atoms with Gasteiger partial charge >= 0.3 is 0 Å². The van der Waals surface area contributed by atoms with Gasteiger partial charge in [0.1, 0.15) is 5.56 Å². The van der Waals surface area contributed by atoms with Crippen LogP contribution in [0, 0.1) is 20.8 Å². The van der Waals surface area contributed by atoms with Gasteiger partial charge in [0.15, 0.2) is 5.82 Å². The number of nitrogens with zero attached hydrogens (tertiary/aromatic N) is 3. The Bertz CT molecular complexity index is 1150. The molecule has 4 rings (SSSR count). The van der Waals surface area contributed by atoms with Crippen molar-refractivity contribution in [2.45, 2.75) is 52.6 Å². The molecule has 7 heteroatoms. The van der Waals surface area contributed by atoms with Gasteiger partial charge in [-0.2, -0.15) is 5.10 Å². The van der Waals surface area contributed by atoms with Crippen molar-refractivity contribution in [1.29, 1.82) is 0 Å². The van der Waals surface area contributed by atoms with Crippen LogP contribution in [0.5, 0.6) is 0 Å². The zero-order valence-electron chi connectivity index (χ0n) is 21.6. The van der Waals surface area contributed by atoms with Crippen LogP contribution in [0.15, 0.2) is 36.4 Å². The molecule has 1 fully saturated rings. The van der Waals surface area contributed by atoms with Crippen molar-refractivity contribution in [1.82, 2.24) is 15.1 Å². The topological polar surface area (TPSA) is 90.3 Å². The predicted octanol–water partition coefficient (Wildman–Crippen LogP) is 4.17. The van der Waals surface area contributed by atoms with E-state index in [1.54, 1.807) is 0 Å². The summed E-state index contributed by atoms with van der Waals surface area (Å²) in [6.45, 7) is 9.08. The maximum Gasteiger partial charge on any atom is 0.254 e. The van der Waals surface area contributed by atoms with Crippen LogP contribution < -0.4 is 16.0 Å². The number of benzene rings is 2. The Kier molecular flexibility index (Phi) is 7.45. The zero-order valence-corrected chi connectivity index (χ0v) is 21.6. The van der Waals surface area contributed by atoms with Gasteiger partial charge in [0.2, 0.25) is 0 Å². The first kappa shape index (κ1) is 24.8. The molecule has 4 N–H and O–H groups in total. The molecule has 1 aliphatic heterocycles. The molecule has 1 aromatic heterocycles. The molecule has 0 aliphatic carbocycles. The van der Waals surface area contributed by atoms with Crippen molar-refractivity contribution < 1.29 is 4.79 Å². The van der Waals surface area contributed by atoms with E-state index in [9.17, 15) is 4.79 Å². The largest absolute Gasteiger partial charge is 0.371 e. The zero-order chi connectivity index (χ0) is 25.1. The van der Waals surface area contributed by atoms with Crippen molar-refractivity contribution in [3.05, 3.63) is 75.5 Å². The van der Waals surface area contributed by atoms with Gasteiger partial charge in [-0.05, 0) is 87.7 Å². The van der Waals surface area contributed by atoms with Crippen LogP contribution in [-0.2, 0) is 13.0 Å². The van der Waals surface area contributed by atoms with Crippen molar-refractivity contribution in [2.24, 2.45) is 5.73 Å². The molecule has 2 aromatic carbocycles. The molecule has 0 atom stereocenters. The van der Waals surface area contributed by atoms with E-state index in [1.165, 1.54) is 35.2 Å². The van der Waals surface area contributed by atoms with E-state index in [-0.39, 0.29) is 0 Å². The van der Waals surface area contributed by atoms with E-state index in [0.29, 0.717) is 30.4 Å². The van der Waals surface area contributed by atoms with E-state index < -0.39 is 5.91 Å². The van der Waals surface area contributed by atoms with Crippen LogP contribution in [0.3, 0.4) is 0 Å². The van der Waals surface area contributed by atoms with Crippen LogP contribution in [0.2, 0.25) is 0 Å². The van der Waals surface area contributed by atoms with Crippen LogP contribution in [0.4, 0.5) is 11.5 Å². The molecule has 7 nitrogen and oxygen atoms in total. The van der Waals surface area contributed by atoms with Gasteiger partial charge in [-0.25, -0.2) is 0 Å². The smallest absolute Gasteiger partial charge is 0.254 e. The Morgan fingerprint density at radius 2 is 1.71 bits per heavy atom. The second kappa shape index (κ2) is 10.5. The number of carbonyl (C=O) groups is 1. The van der Waals surface area contributed by atoms with E-state index in [4.69, 9.17) is 5.73 Å². The van der Waals surface area contributed by atoms with E-state index in [2.05, 4.69) is 96.6 Å². The predicted molar refractivity (Wildman–Crippen MR) is 143 cm³/mol. The van der Waals surface area contributed by atoms with Crippen LogP contribution >= 0.6 is 0 Å². The second-order valence-electron chi connectivity index (χ2n) is 10.0.